The average molecular weight is 389 g/mol. The van der Waals surface area contributed by atoms with Crippen molar-refractivity contribution in [3.8, 4) is 5.75 Å². The number of piperidine rings is 1. The Hall–Kier alpha value is -2.90. The number of hydrogen-bond acceptors (Lipinski definition) is 5. The molecule has 2 aromatic rings. The van der Waals surface area contributed by atoms with E-state index in [1.165, 1.54) is 24.3 Å². The van der Waals surface area contributed by atoms with Crippen LogP contribution in [0, 0.1) is 11.2 Å². The topological polar surface area (TPSA) is 98.7 Å². The van der Waals surface area contributed by atoms with Crippen LogP contribution in [-0.2, 0) is 11.2 Å². The van der Waals surface area contributed by atoms with Crippen LogP contribution >= 0.6 is 0 Å². The number of hydrogen-bond donors (Lipinski definition) is 1. The molecule has 1 aliphatic rings. The Kier molecular flexibility index (Phi) is 5.96. The van der Waals surface area contributed by atoms with E-state index < -0.39 is 11.3 Å². The van der Waals surface area contributed by atoms with Gasteiger partial charge in [0.05, 0.1) is 12.3 Å². The van der Waals surface area contributed by atoms with Gasteiger partial charge >= 0.3 is 0 Å². The number of carbonyl (C=O) groups is 2. The minimum atomic E-state index is -0.609. The molecule has 1 aromatic heterocycles. The van der Waals surface area contributed by atoms with Crippen molar-refractivity contribution >= 4 is 11.8 Å². The summed E-state index contributed by atoms with van der Waals surface area (Å²) in [6, 6.07) is 7.31. The molecule has 3 rings (SSSR count). The first-order valence-electron chi connectivity index (χ1n) is 9.32. The Morgan fingerprint density at radius 1 is 1.36 bits per heavy atom. The second-order valence-electron chi connectivity index (χ2n) is 7.25. The number of carbonyl (C=O) groups excluding carboxylic acids is 2. The van der Waals surface area contributed by atoms with E-state index in [1.807, 2.05) is 6.92 Å². The summed E-state index contributed by atoms with van der Waals surface area (Å²) < 4.78 is 24.1. The van der Waals surface area contributed by atoms with Crippen molar-refractivity contribution in [3.63, 3.8) is 0 Å². The molecule has 2 amide bonds. The number of aromatic nitrogens is 1. The van der Waals surface area contributed by atoms with Crippen LogP contribution in [0.15, 0.2) is 34.9 Å². The molecule has 2 heterocycles. The molecule has 0 radical (unpaired) electrons. The van der Waals surface area contributed by atoms with Gasteiger partial charge in [-0.1, -0.05) is 12.1 Å². The number of likely N-dealkylation sites (tertiary alicyclic amines) is 1. The molecule has 28 heavy (non-hydrogen) atoms. The lowest BCUT2D eigenvalue weighted by Crippen LogP contribution is -2.50. The average Bonchev–Trinajstić information content (AvgIpc) is 3.16. The zero-order valence-electron chi connectivity index (χ0n) is 15.8. The highest BCUT2D eigenvalue weighted by atomic mass is 19.1. The first kappa shape index (κ1) is 19.9. The lowest BCUT2D eigenvalue weighted by Gasteiger charge is -2.41. The fourth-order valence-corrected chi connectivity index (χ4v) is 3.57. The second kappa shape index (κ2) is 8.41. The van der Waals surface area contributed by atoms with Crippen LogP contribution in [0.3, 0.4) is 0 Å². The molecular formula is C20H24FN3O4. The lowest BCUT2D eigenvalue weighted by molar-refractivity contribution is -0.122. The van der Waals surface area contributed by atoms with Gasteiger partial charge in [0.15, 0.2) is 0 Å². The minimum absolute atomic E-state index is 0.0919. The van der Waals surface area contributed by atoms with Gasteiger partial charge in [-0.05, 0) is 43.5 Å². The Labute approximate surface area is 162 Å². The van der Waals surface area contributed by atoms with Gasteiger partial charge in [-0.25, -0.2) is 4.39 Å². The quantitative estimate of drug-likeness (QED) is 0.785. The number of ether oxygens (including phenoxy) is 1. The molecule has 150 valence electrons. The van der Waals surface area contributed by atoms with E-state index in [2.05, 4.69) is 5.16 Å². The molecule has 0 unspecified atom stereocenters. The Balaban J connectivity index is 1.74. The number of halogens is 1. The van der Waals surface area contributed by atoms with Crippen molar-refractivity contribution in [1.29, 1.82) is 0 Å². The zero-order valence-corrected chi connectivity index (χ0v) is 15.8. The van der Waals surface area contributed by atoms with Crippen LogP contribution in [0.4, 0.5) is 4.39 Å². The predicted molar refractivity (Wildman–Crippen MR) is 99.2 cm³/mol. The first-order valence-corrected chi connectivity index (χ1v) is 9.32. The molecule has 0 spiro atoms. The van der Waals surface area contributed by atoms with Crippen molar-refractivity contribution in [3.05, 3.63) is 47.6 Å². The Morgan fingerprint density at radius 3 is 2.75 bits per heavy atom. The third-order valence-corrected chi connectivity index (χ3v) is 4.99. The maximum atomic E-state index is 13.1. The summed E-state index contributed by atoms with van der Waals surface area (Å²) in [6.07, 6.45) is 2.17. The summed E-state index contributed by atoms with van der Waals surface area (Å²) >= 11 is 0. The number of nitrogens with zero attached hydrogens (tertiary/aromatic N) is 2. The van der Waals surface area contributed by atoms with Crippen molar-refractivity contribution in [2.24, 2.45) is 11.1 Å². The number of primary amides is 1. The fourth-order valence-electron chi connectivity index (χ4n) is 3.57. The van der Waals surface area contributed by atoms with Crippen molar-refractivity contribution < 1.29 is 23.2 Å². The van der Waals surface area contributed by atoms with Gasteiger partial charge in [0.25, 0.3) is 5.91 Å². The van der Waals surface area contributed by atoms with Crippen molar-refractivity contribution in [2.45, 2.75) is 32.6 Å². The number of aryl methyl sites for hydroxylation is 1. The number of benzene rings is 1. The SMILES string of the molecule is CCc1cc(C(=O)N2CCC[C@](COc3ccc(F)cc3)(CC(N)=O)C2)on1. The van der Waals surface area contributed by atoms with Crippen LogP contribution in [0.2, 0.25) is 0 Å². The maximum absolute atomic E-state index is 13.1. The largest absolute Gasteiger partial charge is 0.493 e. The summed E-state index contributed by atoms with van der Waals surface area (Å²) in [5.41, 5.74) is 5.58. The number of rotatable bonds is 7. The normalized spacial score (nSPS) is 19.4. The van der Waals surface area contributed by atoms with E-state index >= 15 is 0 Å². The van der Waals surface area contributed by atoms with E-state index in [4.69, 9.17) is 15.0 Å². The molecule has 1 saturated heterocycles. The van der Waals surface area contributed by atoms with Crippen LogP contribution in [0.1, 0.15) is 42.4 Å². The van der Waals surface area contributed by atoms with Crippen LogP contribution < -0.4 is 10.5 Å². The molecular weight excluding hydrogens is 365 g/mol. The highest BCUT2D eigenvalue weighted by Gasteiger charge is 2.40. The highest BCUT2D eigenvalue weighted by molar-refractivity contribution is 5.91. The molecule has 1 fully saturated rings. The van der Waals surface area contributed by atoms with Gasteiger partial charge in [0.1, 0.15) is 11.6 Å². The van der Waals surface area contributed by atoms with Crippen molar-refractivity contribution in [1.82, 2.24) is 10.1 Å². The highest BCUT2D eigenvalue weighted by Crippen LogP contribution is 2.35. The molecule has 8 heteroatoms. The summed E-state index contributed by atoms with van der Waals surface area (Å²) in [5.74, 6) is -0.387. The number of amides is 2. The summed E-state index contributed by atoms with van der Waals surface area (Å²) in [6.45, 7) is 3.00. The molecule has 0 saturated carbocycles. The molecule has 0 aliphatic carbocycles. The molecule has 7 nitrogen and oxygen atoms in total. The first-order chi connectivity index (χ1) is 13.4. The van der Waals surface area contributed by atoms with Gasteiger partial charge in [0.2, 0.25) is 11.7 Å². The minimum Gasteiger partial charge on any atom is -0.493 e. The van der Waals surface area contributed by atoms with Crippen LogP contribution in [0.5, 0.6) is 5.75 Å². The molecule has 0 bridgehead atoms. The van der Waals surface area contributed by atoms with Crippen LogP contribution in [0.25, 0.3) is 0 Å². The van der Waals surface area contributed by atoms with E-state index in [0.717, 1.165) is 0 Å². The maximum Gasteiger partial charge on any atom is 0.292 e. The standard InChI is InChI=1S/C20H24FN3O4/c1-2-15-10-17(28-23-15)19(26)24-9-3-8-20(12-24,11-18(22)25)13-27-16-6-4-14(21)5-7-16/h4-7,10H,2-3,8-9,11-13H2,1H3,(H2,22,25)/t20-/m0/s1. The second-order valence-corrected chi connectivity index (χ2v) is 7.25. The molecule has 1 atom stereocenters. The van der Waals surface area contributed by atoms with Gasteiger partial charge in [-0.15, -0.1) is 0 Å². The smallest absolute Gasteiger partial charge is 0.292 e. The van der Waals surface area contributed by atoms with E-state index in [1.54, 1.807) is 11.0 Å². The van der Waals surface area contributed by atoms with Gasteiger partial charge in [-0.3, -0.25) is 9.59 Å². The van der Waals surface area contributed by atoms with Gasteiger partial charge < -0.3 is 19.9 Å². The molecule has 1 aliphatic heterocycles. The molecule has 2 N–H and O–H groups in total. The van der Waals surface area contributed by atoms with Crippen molar-refractivity contribution in [2.75, 3.05) is 19.7 Å². The van der Waals surface area contributed by atoms with E-state index in [9.17, 15) is 14.0 Å². The summed E-state index contributed by atoms with van der Waals surface area (Å²) in [5, 5.41) is 3.87. The van der Waals surface area contributed by atoms with Gasteiger partial charge in [0, 0.05) is 31.0 Å². The Morgan fingerprint density at radius 2 is 2.11 bits per heavy atom. The van der Waals surface area contributed by atoms with Crippen LogP contribution in [-0.4, -0.2) is 41.6 Å². The van der Waals surface area contributed by atoms with Gasteiger partial charge in [-0.2, -0.15) is 0 Å². The summed E-state index contributed by atoms with van der Waals surface area (Å²) in [7, 11) is 0. The third-order valence-electron chi connectivity index (χ3n) is 4.99. The van der Waals surface area contributed by atoms with E-state index in [0.29, 0.717) is 43.8 Å². The van der Waals surface area contributed by atoms with E-state index in [-0.39, 0.29) is 30.5 Å². The fraction of sp³-hybridized carbons (Fsp3) is 0.450. The third kappa shape index (κ3) is 4.68. The predicted octanol–water partition coefficient (Wildman–Crippen LogP) is 2.55. The zero-order chi connectivity index (χ0) is 20.1. The summed E-state index contributed by atoms with van der Waals surface area (Å²) in [4.78, 5) is 26.2. The lowest BCUT2D eigenvalue weighted by atomic mass is 9.77. The monoisotopic (exact) mass is 389 g/mol. The Bertz CT molecular complexity index is 836. The number of nitrogens with two attached hydrogens (primary N) is 1. The molecule has 1 aromatic carbocycles.